The number of nitrogens with one attached hydrogen (secondary N) is 1. The maximum atomic E-state index is 6.19. The highest BCUT2D eigenvalue weighted by Gasteiger charge is 2.31. The number of aryl methyl sites for hydroxylation is 1. The van der Waals surface area contributed by atoms with Gasteiger partial charge in [-0.25, -0.2) is 0 Å². The highest BCUT2D eigenvalue weighted by molar-refractivity contribution is 7.16. The van der Waals surface area contributed by atoms with E-state index in [9.17, 15) is 0 Å². The summed E-state index contributed by atoms with van der Waals surface area (Å²) in [5, 5.41) is 3.62. The van der Waals surface area contributed by atoms with Gasteiger partial charge in [0.15, 0.2) is 0 Å². The van der Waals surface area contributed by atoms with Gasteiger partial charge >= 0.3 is 0 Å². The van der Waals surface area contributed by atoms with Crippen molar-refractivity contribution in [3.8, 4) is 0 Å². The van der Waals surface area contributed by atoms with Crippen molar-refractivity contribution in [1.29, 1.82) is 0 Å². The van der Waals surface area contributed by atoms with Crippen molar-refractivity contribution in [1.82, 2.24) is 5.32 Å². The third-order valence-electron chi connectivity index (χ3n) is 3.43. The van der Waals surface area contributed by atoms with Gasteiger partial charge in [-0.1, -0.05) is 18.5 Å². The van der Waals surface area contributed by atoms with Gasteiger partial charge in [-0.3, -0.25) is 0 Å². The first-order valence-corrected chi connectivity index (χ1v) is 7.96. The Kier molecular flexibility index (Phi) is 5.07. The van der Waals surface area contributed by atoms with Gasteiger partial charge in [-0.2, -0.15) is 0 Å². The van der Waals surface area contributed by atoms with Crippen LogP contribution in [0.15, 0.2) is 6.07 Å². The standard InChI is InChI=1S/C14H22ClNOS/c1-4-7-16-13(11-6-5-10(3)17-11)12-8-9(2)14(15)18-12/h8,10-11,13,16H,4-7H2,1-3H3. The van der Waals surface area contributed by atoms with Crippen LogP contribution in [0.1, 0.15) is 49.6 Å². The van der Waals surface area contributed by atoms with Gasteiger partial charge in [-0.15, -0.1) is 11.3 Å². The zero-order chi connectivity index (χ0) is 13.1. The van der Waals surface area contributed by atoms with Gasteiger partial charge in [0.1, 0.15) is 0 Å². The Morgan fingerprint density at radius 1 is 1.56 bits per heavy atom. The van der Waals surface area contributed by atoms with E-state index in [1.165, 1.54) is 10.4 Å². The molecule has 2 heterocycles. The zero-order valence-corrected chi connectivity index (χ0v) is 12.9. The van der Waals surface area contributed by atoms with Crippen molar-refractivity contribution in [3.05, 3.63) is 20.8 Å². The van der Waals surface area contributed by atoms with Crippen LogP contribution in [0.2, 0.25) is 4.34 Å². The summed E-state index contributed by atoms with van der Waals surface area (Å²) < 4.78 is 6.93. The second kappa shape index (κ2) is 6.38. The van der Waals surface area contributed by atoms with Crippen molar-refractivity contribution >= 4 is 22.9 Å². The Morgan fingerprint density at radius 3 is 2.83 bits per heavy atom. The highest BCUT2D eigenvalue weighted by atomic mass is 35.5. The van der Waals surface area contributed by atoms with Crippen molar-refractivity contribution in [2.45, 2.75) is 58.3 Å². The number of halogens is 1. The molecule has 4 heteroatoms. The Labute approximate surface area is 119 Å². The molecule has 1 N–H and O–H groups in total. The second-order valence-corrected chi connectivity index (χ2v) is 6.79. The molecule has 1 aliphatic heterocycles. The second-order valence-electron chi connectivity index (χ2n) is 5.10. The van der Waals surface area contributed by atoms with Crippen molar-refractivity contribution in [3.63, 3.8) is 0 Å². The minimum absolute atomic E-state index is 0.292. The molecule has 0 radical (unpaired) electrons. The van der Waals surface area contributed by atoms with Gasteiger partial charge in [0.2, 0.25) is 0 Å². The quantitative estimate of drug-likeness (QED) is 0.871. The third kappa shape index (κ3) is 3.27. The molecule has 1 aromatic heterocycles. The summed E-state index contributed by atoms with van der Waals surface area (Å²) in [5.41, 5.74) is 1.17. The van der Waals surface area contributed by atoms with Gasteiger partial charge < -0.3 is 10.1 Å². The number of hydrogen-bond acceptors (Lipinski definition) is 3. The van der Waals surface area contributed by atoms with Gasteiger partial charge in [0.25, 0.3) is 0 Å². The Hall–Kier alpha value is -0.0900. The molecule has 1 fully saturated rings. The van der Waals surface area contributed by atoms with E-state index in [1.807, 2.05) is 0 Å². The monoisotopic (exact) mass is 287 g/mol. The summed E-state index contributed by atoms with van der Waals surface area (Å²) in [6.07, 6.45) is 4.11. The van der Waals surface area contributed by atoms with E-state index in [1.54, 1.807) is 11.3 Å². The molecular formula is C14H22ClNOS. The topological polar surface area (TPSA) is 21.3 Å². The van der Waals surface area contributed by atoms with E-state index >= 15 is 0 Å². The van der Waals surface area contributed by atoms with Crippen LogP contribution < -0.4 is 5.32 Å². The lowest BCUT2D eigenvalue weighted by Crippen LogP contribution is -2.32. The molecular weight excluding hydrogens is 266 g/mol. The summed E-state index contributed by atoms with van der Waals surface area (Å²) in [7, 11) is 0. The lowest BCUT2D eigenvalue weighted by molar-refractivity contribution is 0.0324. The van der Waals surface area contributed by atoms with Gasteiger partial charge in [0.05, 0.1) is 22.6 Å². The van der Waals surface area contributed by atoms with Crippen molar-refractivity contribution < 1.29 is 4.74 Å². The van der Waals surface area contributed by atoms with Crippen molar-refractivity contribution in [2.75, 3.05) is 6.54 Å². The lowest BCUT2D eigenvalue weighted by atomic mass is 10.1. The summed E-state index contributed by atoms with van der Waals surface area (Å²) in [6, 6.07) is 2.50. The van der Waals surface area contributed by atoms with E-state index < -0.39 is 0 Å². The average molecular weight is 288 g/mol. The van der Waals surface area contributed by atoms with Crippen LogP contribution in [0.3, 0.4) is 0 Å². The zero-order valence-electron chi connectivity index (χ0n) is 11.3. The molecule has 3 atom stereocenters. The summed E-state index contributed by atoms with van der Waals surface area (Å²) >= 11 is 7.88. The first-order valence-electron chi connectivity index (χ1n) is 6.76. The van der Waals surface area contributed by atoms with Crippen LogP contribution in [0.25, 0.3) is 0 Å². The largest absolute Gasteiger partial charge is 0.373 e. The minimum Gasteiger partial charge on any atom is -0.373 e. The first-order chi connectivity index (χ1) is 8.61. The van der Waals surface area contributed by atoms with E-state index in [-0.39, 0.29) is 0 Å². The maximum Gasteiger partial charge on any atom is 0.0960 e. The Morgan fingerprint density at radius 2 is 2.33 bits per heavy atom. The van der Waals surface area contributed by atoms with Crippen LogP contribution >= 0.6 is 22.9 Å². The minimum atomic E-state index is 0.292. The number of hydrogen-bond donors (Lipinski definition) is 1. The molecule has 1 saturated heterocycles. The fourth-order valence-corrected chi connectivity index (χ4v) is 3.78. The predicted molar refractivity (Wildman–Crippen MR) is 78.7 cm³/mol. The predicted octanol–water partition coefficient (Wildman–Crippen LogP) is 4.32. The van der Waals surface area contributed by atoms with Gasteiger partial charge in [0, 0.05) is 4.88 Å². The third-order valence-corrected chi connectivity index (χ3v) is 5.07. The summed E-state index contributed by atoms with van der Waals surface area (Å²) in [5.74, 6) is 0. The van der Waals surface area contributed by atoms with E-state index in [2.05, 4.69) is 32.2 Å². The van der Waals surface area contributed by atoms with E-state index in [0.717, 1.165) is 30.1 Å². The molecule has 0 saturated carbocycles. The molecule has 0 aliphatic carbocycles. The smallest absolute Gasteiger partial charge is 0.0960 e. The molecule has 3 unspecified atom stereocenters. The Balaban J connectivity index is 2.13. The molecule has 0 bridgehead atoms. The number of rotatable bonds is 5. The molecule has 0 amide bonds. The fourth-order valence-electron chi connectivity index (χ4n) is 2.43. The molecule has 2 rings (SSSR count). The van der Waals surface area contributed by atoms with E-state index in [0.29, 0.717) is 18.2 Å². The van der Waals surface area contributed by atoms with Crippen molar-refractivity contribution in [2.24, 2.45) is 0 Å². The van der Waals surface area contributed by atoms with Crippen LogP contribution in [0.5, 0.6) is 0 Å². The van der Waals surface area contributed by atoms with Crippen LogP contribution in [-0.4, -0.2) is 18.8 Å². The van der Waals surface area contributed by atoms with Crippen LogP contribution in [0.4, 0.5) is 0 Å². The molecule has 0 spiro atoms. The molecule has 102 valence electrons. The van der Waals surface area contributed by atoms with Gasteiger partial charge in [-0.05, 0) is 51.3 Å². The number of ether oxygens (including phenoxy) is 1. The first kappa shape index (κ1) is 14.3. The molecule has 18 heavy (non-hydrogen) atoms. The van der Waals surface area contributed by atoms with E-state index in [4.69, 9.17) is 16.3 Å². The Bertz CT molecular complexity index is 374. The molecule has 2 nitrogen and oxygen atoms in total. The summed E-state index contributed by atoms with van der Waals surface area (Å²) in [6.45, 7) is 7.43. The molecule has 1 aliphatic rings. The average Bonchev–Trinajstić information content (AvgIpc) is 2.88. The van der Waals surface area contributed by atoms with Crippen LogP contribution in [0, 0.1) is 6.92 Å². The van der Waals surface area contributed by atoms with Crippen LogP contribution in [-0.2, 0) is 4.74 Å². The summed E-state index contributed by atoms with van der Waals surface area (Å²) in [4.78, 5) is 1.31. The molecule has 0 aromatic carbocycles. The fraction of sp³-hybridized carbons (Fsp3) is 0.714. The highest BCUT2D eigenvalue weighted by Crippen LogP contribution is 2.36. The number of thiophene rings is 1. The normalized spacial score (nSPS) is 25.6. The SMILES string of the molecule is CCCNC(c1cc(C)c(Cl)s1)C1CCC(C)O1. The lowest BCUT2D eigenvalue weighted by Gasteiger charge is -2.23. The molecule has 1 aromatic rings. The maximum absolute atomic E-state index is 6.19.